The van der Waals surface area contributed by atoms with Crippen molar-refractivity contribution in [3.8, 4) is 0 Å². The number of aryl methyl sites for hydroxylation is 5. The van der Waals surface area contributed by atoms with E-state index in [-0.39, 0.29) is 0 Å². The number of rotatable bonds is 11. The minimum Gasteiger partial charge on any atom is -0.310 e. The first-order chi connectivity index (χ1) is 35.7. The van der Waals surface area contributed by atoms with Crippen LogP contribution < -0.4 is 9.80 Å². The van der Waals surface area contributed by atoms with E-state index in [1.807, 2.05) is 0 Å². The van der Waals surface area contributed by atoms with Crippen molar-refractivity contribution in [2.24, 2.45) is 0 Å². The number of hydrogen-bond donors (Lipinski definition) is 0. The first kappa shape index (κ1) is 45.2. The molecule has 0 N–H and O–H groups in total. The second-order valence-electron chi connectivity index (χ2n) is 19.8. The zero-order chi connectivity index (χ0) is 49.6. The minimum absolute atomic E-state index is 1.10. The Hall–Kier alpha value is -8.98. The molecule has 0 spiro atoms. The fourth-order valence-corrected chi connectivity index (χ4v) is 10.6. The van der Waals surface area contributed by atoms with E-state index in [1.165, 1.54) is 93.2 Å². The molecule has 0 radical (unpaired) electrons. The molecule has 0 saturated heterocycles. The zero-order valence-electron chi connectivity index (χ0n) is 42.1. The van der Waals surface area contributed by atoms with Gasteiger partial charge in [0, 0.05) is 33.5 Å². The van der Waals surface area contributed by atoms with E-state index in [0.29, 0.717) is 0 Å². The molecule has 0 amide bonds. The van der Waals surface area contributed by atoms with E-state index >= 15 is 0 Å². The first-order valence-electron chi connectivity index (χ1n) is 25.4. The Balaban J connectivity index is 0.976. The van der Waals surface area contributed by atoms with Gasteiger partial charge >= 0.3 is 0 Å². The summed E-state index contributed by atoms with van der Waals surface area (Å²) >= 11 is 0. The minimum atomic E-state index is 1.10. The smallest absolute Gasteiger partial charge is 0.0540 e. The van der Waals surface area contributed by atoms with Gasteiger partial charge in [-0.15, -0.1) is 0 Å². The molecule has 0 aliphatic rings. The van der Waals surface area contributed by atoms with E-state index < -0.39 is 0 Å². The van der Waals surface area contributed by atoms with Crippen LogP contribution in [0.2, 0.25) is 0 Å². The van der Waals surface area contributed by atoms with Crippen molar-refractivity contribution < 1.29 is 0 Å². The van der Waals surface area contributed by atoms with Crippen LogP contribution in [0.25, 0.3) is 66.9 Å². The van der Waals surface area contributed by atoms with Crippen LogP contribution in [-0.2, 0) is 0 Å². The van der Waals surface area contributed by atoms with Crippen LogP contribution >= 0.6 is 0 Å². The average molecular weight is 937 g/mol. The van der Waals surface area contributed by atoms with Crippen LogP contribution in [0.3, 0.4) is 0 Å². The van der Waals surface area contributed by atoms with Crippen LogP contribution in [0.1, 0.15) is 55.6 Å². The van der Waals surface area contributed by atoms with Crippen LogP contribution in [0.4, 0.5) is 34.1 Å². The van der Waals surface area contributed by atoms with Gasteiger partial charge in [0.2, 0.25) is 0 Å². The summed E-state index contributed by atoms with van der Waals surface area (Å²) in [4.78, 5) is 4.85. The van der Waals surface area contributed by atoms with E-state index in [2.05, 4.69) is 293 Å². The molecule has 0 aliphatic carbocycles. The van der Waals surface area contributed by atoms with Gasteiger partial charge in [-0.2, -0.15) is 0 Å². The van der Waals surface area contributed by atoms with E-state index in [4.69, 9.17) is 0 Å². The Kier molecular flexibility index (Phi) is 11.7. The van der Waals surface area contributed by atoms with Gasteiger partial charge in [-0.05, 0) is 167 Å². The highest BCUT2D eigenvalue weighted by Crippen LogP contribution is 2.49. The third-order valence-corrected chi connectivity index (χ3v) is 14.6. The van der Waals surface area contributed by atoms with Crippen LogP contribution in [0, 0.1) is 34.6 Å². The summed E-state index contributed by atoms with van der Waals surface area (Å²) in [7, 11) is 0. The summed E-state index contributed by atoms with van der Waals surface area (Å²) < 4.78 is 0. The highest BCUT2D eigenvalue weighted by Gasteiger charge is 2.23. The molecule has 0 aliphatic heterocycles. The molecule has 0 bridgehead atoms. The number of fused-ring (bicyclic) bond motifs is 2. The maximum absolute atomic E-state index is 2.43. The lowest BCUT2D eigenvalue weighted by Gasteiger charge is -2.29. The SMILES string of the molecule is Cc1ccc(C=Cc2ccc(N(c3ccc(C)cc3)c3ccc4c5cccc6c(N(c7ccc(C)cc7)c7ccc(C=C(c8ccc(C)cc8)c8ccc(C)cc8)cc7)ccc(c7cccc3c74)c65)cc2)cc1. The van der Waals surface area contributed by atoms with Crippen molar-refractivity contribution in [2.75, 3.05) is 9.80 Å². The maximum atomic E-state index is 2.43. The second kappa shape index (κ2) is 19.0. The summed E-state index contributed by atoms with van der Waals surface area (Å²) in [5, 5.41) is 9.98. The average Bonchev–Trinajstić information content (AvgIpc) is 3.42. The van der Waals surface area contributed by atoms with E-state index in [0.717, 1.165) is 45.3 Å². The third-order valence-electron chi connectivity index (χ3n) is 14.6. The summed E-state index contributed by atoms with van der Waals surface area (Å²) in [5.41, 5.74) is 20.1. The molecule has 0 unspecified atom stereocenters. The van der Waals surface area contributed by atoms with Gasteiger partial charge in [0.15, 0.2) is 0 Å². The highest BCUT2D eigenvalue weighted by atomic mass is 15.1. The third kappa shape index (κ3) is 8.72. The number of benzene rings is 12. The topological polar surface area (TPSA) is 6.48 Å². The lowest BCUT2D eigenvalue weighted by atomic mass is 9.88. The Labute approximate surface area is 429 Å². The van der Waals surface area contributed by atoms with Crippen molar-refractivity contribution >= 4 is 101 Å². The van der Waals surface area contributed by atoms with Crippen molar-refractivity contribution in [2.45, 2.75) is 34.6 Å². The van der Waals surface area contributed by atoms with Crippen LogP contribution in [0.15, 0.2) is 231 Å². The maximum Gasteiger partial charge on any atom is 0.0540 e. The van der Waals surface area contributed by atoms with Gasteiger partial charge in [-0.25, -0.2) is 0 Å². The lowest BCUT2D eigenvalue weighted by molar-refractivity contribution is 1.29. The van der Waals surface area contributed by atoms with Gasteiger partial charge in [0.05, 0.1) is 11.4 Å². The second-order valence-corrected chi connectivity index (χ2v) is 19.8. The van der Waals surface area contributed by atoms with Crippen molar-refractivity contribution in [3.05, 3.63) is 286 Å². The molecule has 0 aromatic heterocycles. The normalized spacial score (nSPS) is 11.6. The molecule has 2 nitrogen and oxygen atoms in total. The molecule has 12 aromatic rings. The van der Waals surface area contributed by atoms with E-state index in [1.54, 1.807) is 0 Å². The summed E-state index contributed by atoms with van der Waals surface area (Å²) in [5.74, 6) is 0. The molecular formula is C71H56N2. The van der Waals surface area contributed by atoms with Gasteiger partial charge in [-0.1, -0.05) is 210 Å². The number of nitrogens with zero attached hydrogens (tertiary/aromatic N) is 2. The molecule has 350 valence electrons. The zero-order valence-corrected chi connectivity index (χ0v) is 42.1. The van der Waals surface area contributed by atoms with Crippen molar-refractivity contribution in [1.82, 2.24) is 0 Å². The van der Waals surface area contributed by atoms with Gasteiger partial charge in [0.1, 0.15) is 0 Å². The van der Waals surface area contributed by atoms with Crippen LogP contribution in [0.5, 0.6) is 0 Å². The molecule has 0 heterocycles. The highest BCUT2D eigenvalue weighted by molar-refractivity contribution is 6.35. The van der Waals surface area contributed by atoms with Crippen LogP contribution in [-0.4, -0.2) is 0 Å². The summed E-state index contributed by atoms with van der Waals surface area (Å²) in [6, 6.07) is 85.3. The monoisotopic (exact) mass is 936 g/mol. The van der Waals surface area contributed by atoms with Crippen molar-refractivity contribution in [3.63, 3.8) is 0 Å². The largest absolute Gasteiger partial charge is 0.310 e. The lowest BCUT2D eigenvalue weighted by Crippen LogP contribution is -2.11. The van der Waals surface area contributed by atoms with Gasteiger partial charge in [-0.3, -0.25) is 0 Å². The van der Waals surface area contributed by atoms with E-state index in [9.17, 15) is 0 Å². The molecule has 0 saturated carbocycles. The molecule has 12 rings (SSSR count). The number of hydrogen-bond acceptors (Lipinski definition) is 2. The fraction of sp³-hybridized carbons (Fsp3) is 0.0704. The molecule has 0 fully saturated rings. The Morgan fingerprint density at radius 1 is 0.274 bits per heavy atom. The predicted octanol–water partition coefficient (Wildman–Crippen LogP) is 20.0. The first-order valence-corrected chi connectivity index (χ1v) is 25.4. The molecular weight excluding hydrogens is 881 g/mol. The molecule has 0 atom stereocenters. The van der Waals surface area contributed by atoms with Crippen molar-refractivity contribution in [1.29, 1.82) is 0 Å². The number of anilines is 6. The Morgan fingerprint density at radius 3 is 0.945 bits per heavy atom. The standard InChI is InChI=1S/C71H56N2/c1-47-12-22-52(23-13-47)24-25-53-26-38-59(39-27-53)72(57-34-18-50(4)19-35-57)68-44-42-63-62-9-7-11-66-69(45-43-64(71(62)66)61-8-6-10-65(68)70(61)63)73(58-36-20-51(5)21-37-58)60-40-28-54(29-41-60)46-67(55-30-14-48(2)15-31-55)56-32-16-49(3)17-33-56/h6-46H,1-5H3. The Bertz CT molecular complexity index is 3930. The Morgan fingerprint density at radius 2 is 0.562 bits per heavy atom. The summed E-state index contributed by atoms with van der Waals surface area (Å²) in [6.45, 7) is 10.7. The predicted molar refractivity (Wildman–Crippen MR) is 316 cm³/mol. The van der Waals surface area contributed by atoms with Gasteiger partial charge in [0.25, 0.3) is 0 Å². The molecule has 12 aromatic carbocycles. The van der Waals surface area contributed by atoms with Gasteiger partial charge < -0.3 is 9.80 Å². The summed E-state index contributed by atoms with van der Waals surface area (Å²) in [6.07, 6.45) is 6.70. The quantitative estimate of drug-likeness (QED) is 0.0724. The fourth-order valence-electron chi connectivity index (χ4n) is 10.6. The molecule has 2 heteroatoms. The molecule has 73 heavy (non-hydrogen) atoms.